The summed E-state index contributed by atoms with van der Waals surface area (Å²) in [5, 5.41) is 4.24. The SMILES string of the molecule is CC(C)CNC(=O)C[NH+]1CCCC[C@H]1c1nc2ccccc2s1. The van der Waals surface area contributed by atoms with Gasteiger partial charge in [0.15, 0.2) is 11.6 Å². The van der Waals surface area contributed by atoms with Gasteiger partial charge in [0.25, 0.3) is 5.91 Å². The van der Waals surface area contributed by atoms with Crippen LogP contribution in [0, 0.1) is 5.92 Å². The van der Waals surface area contributed by atoms with Gasteiger partial charge in [0.1, 0.15) is 6.04 Å². The topological polar surface area (TPSA) is 46.4 Å². The van der Waals surface area contributed by atoms with Crippen molar-refractivity contribution in [3.05, 3.63) is 29.3 Å². The molecule has 2 aromatic rings. The minimum Gasteiger partial charge on any atom is -0.351 e. The maximum absolute atomic E-state index is 12.2. The lowest BCUT2D eigenvalue weighted by Crippen LogP contribution is -3.14. The quantitative estimate of drug-likeness (QED) is 0.881. The number of thiazole rings is 1. The van der Waals surface area contributed by atoms with Crippen molar-refractivity contribution in [1.82, 2.24) is 10.3 Å². The van der Waals surface area contributed by atoms with Crippen LogP contribution >= 0.6 is 11.3 Å². The molecule has 3 rings (SSSR count). The number of likely N-dealkylation sites (tertiary alicyclic amines) is 1. The zero-order valence-electron chi connectivity index (χ0n) is 14.0. The van der Waals surface area contributed by atoms with Crippen LogP contribution in [0.5, 0.6) is 0 Å². The van der Waals surface area contributed by atoms with Crippen molar-refractivity contribution in [1.29, 1.82) is 0 Å². The van der Waals surface area contributed by atoms with Crippen molar-refractivity contribution < 1.29 is 9.69 Å². The summed E-state index contributed by atoms with van der Waals surface area (Å²) < 4.78 is 1.25. The first-order valence-electron chi connectivity index (χ1n) is 8.60. The van der Waals surface area contributed by atoms with E-state index in [1.807, 2.05) is 6.07 Å². The van der Waals surface area contributed by atoms with Gasteiger partial charge in [0.2, 0.25) is 0 Å². The number of amides is 1. The Kier molecular flexibility index (Phi) is 5.28. The van der Waals surface area contributed by atoms with Crippen LogP contribution in [0.25, 0.3) is 10.2 Å². The minimum atomic E-state index is 0.168. The Morgan fingerprint density at radius 1 is 1.39 bits per heavy atom. The van der Waals surface area contributed by atoms with Gasteiger partial charge in [-0.05, 0) is 30.9 Å². The first-order valence-corrected chi connectivity index (χ1v) is 9.42. The highest BCUT2D eigenvalue weighted by atomic mass is 32.1. The first-order chi connectivity index (χ1) is 11.1. The maximum Gasteiger partial charge on any atom is 0.275 e. The second-order valence-corrected chi connectivity index (χ2v) is 7.91. The Morgan fingerprint density at radius 3 is 3.00 bits per heavy atom. The maximum atomic E-state index is 12.2. The average molecular weight is 332 g/mol. The molecule has 0 radical (unpaired) electrons. The molecule has 1 aliphatic rings. The molecular weight excluding hydrogens is 306 g/mol. The molecule has 4 nitrogen and oxygen atoms in total. The van der Waals surface area contributed by atoms with E-state index < -0.39 is 0 Å². The second-order valence-electron chi connectivity index (χ2n) is 6.85. The van der Waals surface area contributed by atoms with Crippen LogP contribution in [0.2, 0.25) is 0 Å². The van der Waals surface area contributed by atoms with Crippen molar-refractivity contribution in [3.8, 4) is 0 Å². The molecule has 0 saturated carbocycles. The van der Waals surface area contributed by atoms with Gasteiger partial charge in [0, 0.05) is 13.0 Å². The van der Waals surface area contributed by atoms with Crippen LogP contribution in [-0.2, 0) is 4.79 Å². The summed E-state index contributed by atoms with van der Waals surface area (Å²) in [6.45, 7) is 6.64. The van der Waals surface area contributed by atoms with Crippen LogP contribution < -0.4 is 10.2 Å². The van der Waals surface area contributed by atoms with Gasteiger partial charge in [-0.1, -0.05) is 26.0 Å². The lowest BCUT2D eigenvalue weighted by molar-refractivity contribution is -0.929. The summed E-state index contributed by atoms with van der Waals surface area (Å²) in [7, 11) is 0. The van der Waals surface area contributed by atoms with E-state index in [1.165, 1.54) is 27.4 Å². The molecule has 0 aliphatic carbocycles. The minimum absolute atomic E-state index is 0.168. The molecule has 0 spiro atoms. The Balaban J connectivity index is 1.72. The lowest BCUT2D eigenvalue weighted by Gasteiger charge is -2.30. The number of piperidine rings is 1. The third-order valence-electron chi connectivity index (χ3n) is 4.44. The Labute approximate surface area is 141 Å². The molecule has 1 aromatic carbocycles. The normalized spacial score (nSPS) is 21.7. The summed E-state index contributed by atoms with van der Waals surface area (Å²) in [5.74, 6) is 0.664. The largest absolute Gasteiger partial charge is 0.351 e. The number of hydrogen-bond acceptors (Lipinski definition) is 3. The molecule has 2 N–H and O–H groups in total. The van der Waals surface area contributed by atoms with Gasteiger partial charge < -0.3 is 10.2 Å². The molecule has 1 saturated heterocycles. The van der Waals surface area contributed by atoms with Crippen molar-refractivity contribution in [3.63, 3.8) is 0 Å². The predicted octanol–water partition coefficient (Wildman–Crippen LogP) is 2.18. The lowest BCUT2D eigenvalue weighted by atomic mass is 10.0. The number of hydrogen-bond donors (Lipinski definition) is 2. The van der Waals surface area contributed by atoms with Gasteiger partial charge in [-0.3, -0.25) is 4.79 Å². The molecule has 0 bridgehead atoms. The molecule has 124 valence electrons. The number of nitrogens with one attached hydrogen (secondary N) is 2. The zero-order chi connectivity index (χ0) is 16.2. The fourth-order valence-corrected chi connectivity index (χ4v) is 4.38. The molecule has 1 amide bonds. The number of carbonyl (C=O) groups excluding carboxylic acids is 1. The van der Waals surface area contributed by atoms with Crippen molar-refractivity contribution in [2.24, 2.45) is 5.92 Å². The number of rotatable bonds is 5. The smallest absolute Gasteiger partial charge is 0.275 e. The van der Waals surface area contributed by atoms with E-state index in [2.05, 4.69) is 37.4 Å². The summed E-state index contributed by atoms with van der Waals surface area (Å²) in [6, 6.07) is 8.68. The van der Waals surface area contributed by atoms with Crippen LogP contribution in [0.3, 0.4) is 0 Å². The van der Waals surface area contributed by atoms with Crippen LogP contribution in [0.1, 0.15) is 44.2 Å². The van der Waals surface area contributed by atoms with E-state index in [9.17, 15) is 4.79 Å². The molecule has 1 aromatic heterocycles. The summed E-state index contributed by atoms with van der Waals surface area (Å²) in [4.78, 5) is 18.4. The second kappa shape index (κ2) is 7.41. The molecule has 2 atom stereocenters. The monoisotopic (exact) mass is 332 g/mol. The summed E-state index contributed by atoms with van der Waals surface area (Å²) in [5.41, 5.74) is 1.08. The van der Waals surface area contributed by atoms with Gasteiger partial charge in [0.05, 0.1) is 16.8 Å². The van der Waals surface area contributed by atoms with E-state index in [0.717, 1.165) is 25.0 Å². The molecule has 23 heavy (non-hydrogen) atoms. The number of quaternary nitrogens is 1. The van der Waals surface area contributed by atoms with Crippen LogP contribution in [0.15, 0.2) is 24.3 Å². The summed E-state index contributed by atoms with van der Waals surface area (Å²) >= 11 is 1.79. The van der Waals surface area contributed by atoms with Crippen LogP contribution in [-0.4, -0.2) is 30.5 Å². The van der Waals surface area contributed by atoms with Gasteiger partial charge in [-0.2, -0.15) is 0 Å². The fraction of sp³-hybridized carbons (Fsp3) is 0.556. The first kappa shape index (κ1) is 16.4. The van der Waals surface area contributed by atoms with Crippen LogP contribution in [0.4, 0.5) is 0 Å². The number of nitrogens with zero attached hydrogens (tertiary/aromatic N) is 1. The Bertz CT molecular complexity index is 634. The predicted molar refractivity (Wildman–Crippen MR) is 94.8 cm³/mol. The fourth-order valence-electron chi connectivity index (χ4n) is 3.21. The standard InChI is InChI=1S/C18H25N3OS/c1-13(2)11-19-17(22)12-21-10-6-5-8-15(21)18-20-14-7-3-4-9-16(14)23-18/h3-4,7,9,13,15H,5-6,8,10-12H2,1-2H3,(H,19,22)/p+1/t15-/m0/s1. The molecule has 2 heterocycles. The Morgan fingerprint density at radius 2 is 2.22 bits per heavy atom. The van der Waals surface area contributed by atoms with E-state index in [4.69, 9.17) is 4.98 Å². The molecule has 1 unspecified atom stereocenters. The molecule has 1 aliphatic heterocycles. The highest BCUT2D eigenvalue weighted by molar-refractivity contribution is 7.18. The van der Waals surface area contributed by atoms with Gasteiger partial charge >= 0.3 is 0 Å². The average Bonchev–Trinajstić information content (AvgIpc) is 2.97. The molecule has 5 heteroatoms. The van der Waals surface area contributed by atoms with E-state index in [-0.39, 0.29) is 5.91 Å². The van der Waals surface area contributed by atoms with Gasteiger partial charge in [-0.15, -0.1) is 11.3 Å². The van der Waals surface area contributed by atoms with Crippen molar-refractivity contribution >= 4 is 27.5 Å². The summed E-state index contributed by atoms with van der Waals surface area (Å²) in [6.07, 6.45) is 3.57. The number of para-hydroxylation sites is 1. The highest BCUT2D eigenvalue weighted by Crippen LogP contribution is 2.28. The van der Waals surface area contributed by atoms with E-state index >= 15 is 0 Å². The van der Waals surface area contributed by atoms with E-state index in [1.54, 1.807) is 11.3 Å². The molecule has 1 fully saturated rings. The third-order valence-corrected chi connectivity index (χ3v) is 5.59. The number of aromatic nitrogens is 1. The Hall–Kier alpha value is -1.46. The third kappa shape index (κ3) is 4.09. The number of carbonyl (C=O) groups is 1. The van der Waals surface area contributed by atoms with Crippen molar-refractivity contribution in [2.45, 2.75) is 39.2 Å². The number of fused-ring (bicyclic) bond motifs is 1. The zero-order valence-corrected chi connectivity index (χ0v) is 14.8. The van der Waals surface area contributed by atoms with Gasteiger partial charge in [-0.25, -0.2) is 4.98 Å². The van der Waals surface area contributed by atoms with Crippen molar-refractivity contribution in [2.75, 3.05) is 19.6 Å². The molecular formula is C18H26N3OS+. The number of benzene rings is 1. The highest BCUT2D eigenvalue weighted by Gasteiger charge is 2.31. The van der Waals surface area contributed by atoms with E-state index in [0.29, 0.717) is 18.5 Å².